The zero-order valence-electron chi connectivity index (χ0n) is 13.9. The van der Waals surface area contributed by atoms with Crippen molar-refractivity contribution in [3.05, 3.63) is 41.5 Å². The Labute approximate surface area is 133 Å². The highest BCUT2D eigenvalue weighted by Crippen LogP contribution is 2.14. The van der Waals surface area contributed by atoms with Crippen LogP contribution < -0.4 is 10.1 Å². The number of hydrogen-bond donors (Lipinski definition) is 2. The van der Waals surface area contributed by atoms with Crippen LogP contribution in [-0.4, -0.2) is 30.3 Å². The number of amides is 1. The summed E-state index contributed by atoms with van der Waals surface area (Å²) in [6, 6.07) is 7.16. The Hall–Kier alpha value is -1.81. The number of carbonyl (C=O) groups is 1. The van der Waals surface area contributed by atoms with E-state index < -0.39 is 0 Å². The number of ether oxygens (including phenoxy) is 1. The molecular formula is C18H27NO3. The van der Waals surface area contributed by atoms with Crippen molar-refractivity contribution >= 4 is 5.91 Å². The van der Waals surface area contributed by atoms with Crippen molar-refractivity contribution in [2.75, 3.05) is 13.2 Å². The van der Waals surface area contributed by atoms with E-state index in [1.807, 2.05) is 39.0 Å². The molecule has 0 spiro atoms. The van der Waals surface area contributed by atoms with Crippen molar-refractivity contribution in [1.82, 2.24) is 5.32 Å². The lowest BCUT2D eigenvalue weighted by Gasteiger charge is -2.14. The van der Waals surface area contributed by atoms with Gasteiger partial charge in [-0.05, 0) is 57.4 Å². The molecule has 2 N–H and O–H groups in total. The molecule has 0 saturated carbocycles. The van der Waals surface area contributed by atoms with Crippen LogP contribution in [0.5, 0.6) is 5.75 Å². The molecule has 0 radical (unpaired) electrons. The largest absolute Gasteiger partial charge is 0.490 e. The smallest absolute Gasteiger partial charge is 0.251 e. The van der Waals surface area contributed by atoms with Crippen molar-refractivity contribution in [2.24, 2.45) is 5.92 Å². The first-order valence-corrected chi connectivity index (χ1v) is 7.71. The summed E-state index contributed by atoms with van der Waals surface area (Å²) in [6.07, 6.45) is 2.31. The van der Waals surface area contributed by atoms with Gasteiger partial charge >= 0.3 is 0 Å². The monoisotopic (exact) mass is 305 g/mol. The summed E-state index contributed by atoms with van der Waals surface area (Å²) >= 11 is 0. The van der Waals surface area contributed by atoms with Crippen molar-refractivity contribution in [1.29, 1.82) is 0 Å². The van der Waals surface area contributed by atoms with Crippen molar-refractivity contribution in [3.63, 3.8) is 0 Å². The Morgan fingerprint density at radius 2 is 2.09 bits per heavy atom. The van der Waals surface area contributed by atoms with Gasteiger partial charge in [-0.15, -0.1) is 0 Å². The van der Waals surface area contributed by atoms with E-state index in [1.54, 1.807) is 19.1 Å². The summed E-state index contributed by atoms with van der Waals surface area (Å²) < 4.78 is 5.60. The van der Waals surface area contributed by atoms with E-state index in [-0.39, 0.29) is 17.9 Å². The maximum atomic E-state index is 12.1. The number of rotatable bonds is 8. The molecule has 122 valence electrons. The zero-order valence-corrected chi connectivity index (χ0v) is 13.9. The van der Waals surface area contributed by atoms with Gasteiger partial charge in [0.05, 0.1) is 6.10 Å². The normalized spacial score (nSPS) is 13.1. The second kappa shape index (κ2) is 9.26. The van der Waals surface area contributed by atoms with Crippen LogP contribution in [0.4, 0.5) is 0 Å². The van der Waals surface area contributed by atoms with Gasteiger partial charge in [0.15, 0.2) is 0 Å². The summed E-state index contributed by atoms with van der Waals surface area (Å²) in [4.78, 5) is 12.1. The Balaban J connectivity index is 2.53. The van der Waals surface area contributed by atoms with Gasteiger partial charge in [-0.2, -0.15) is 0 Å². The lowest BCUT2D eigenvalue weighted by atomic mass is 10.0. The molecule has 2 unspecified atom stereocenters. The molecule has 1 amide bonds. The van der Waals surface area contributed by atoms with Gasteiger partial charge in [-0.1, -0.05) is 18.6 Å². The third kappa shape index (κ3) is 7.27. The van der Waals surface area contributed by atoms with Crippen LogP contribution in [0.3, 0.4) is 0 Å². The van der Waals surface area contributed by atoms with Gasteiger partial charge in [0.25, 0.3) is 5.91 Å². The summed E-state index contributed by atoms with van der Waals surface area (Å²) in [5.74, 6) is 0.799. The summed E-state index contributed by atoms with van der Waals surface area (Å²) in [7, 11) is 0. The predicted octanol–water partition coefficient (Wildman–Crippen LogP) is 3.17. The Morgan fingerprint density at radius 3 is 2.73 bits per heavy atom. The van der Waals surface area contributed by atoms with Gasteiger partial charge in [0, 0.05) is 12.1 Å². The zero-order chi connectivity index (χ0) is 16.5. The van der Waals surface area contributed by atoms with E-state index in [9.17, 15) is 9.90 Å². The quantitative estimate of drug-likeness (QED) is 0.725. The molecular weight excluding hydrogens is 278 g/mol. The Bertz CT molecular complexity index is 505. The molecule has 2 atom stereocenters. The lowest BCUT2D eigenvalue weighted by molar-refractivity contribution is 0.0939. The molecule has 4 nitrogen and oxygen atoms in total. The lowest BCUT2D eigenvalue weighted by Crippen LogP contribution is -2.29. The van der Waals surface area contributed by atoms with Gasteiger partial charge < -0.3 is 15.2 Å². The molecule has 1 aromatic rings. The molecule has 0 aliphatic carbocycles. The van der Waals surface area contributed by atoms with Crippen molar-refractivity contribution in [3.8, 4) is 5.75 Å². The van der Waals surface area contributed by atoms with Crippen LogP contribution >= 0.6 is 0 Å². The van der Waals surface area contributed by atoms with Crippen LogP contribution in [0.2, 0.25) is 0 Å². The van der Waals surface area contributed by atoms with Crippen molar-refractivity contribution in [2.45, 2.75) is 40.2 Å². The minimum absolute atomic E-state index is 0.120. The number of nitrogens with one attached hydrogen (secondary N) is 1. The maximum Gasteiger partial charge on any atom is 0.251 e. The molecule has 1 rings (SSSR count). The molecule has 22 heavy (non-hydrogen) atoms. The van der Waals surface area contributed by atoms with Crippen molar-refractivity contribution < 1.29 is 14.6 Å². The van der Waals surface area contributed by atoms with Crippen LogP contribution in [0.15, 0.2) is 35.9 Å². The van der Waals surface area contributed by atoms with E-state index in [4.69, 9.17) is 4.74 Å². The Kier molecular flexibility index (Phi) is 7.67. The molecule has 0 saturated heterocycles. The van der Waals surface area contributed by atoms with Crippen LogP contribution in [0.25, 0.3) is 0 Å². The Morgan fingerprint density at radius 1 is 1.36 bits per heavy atom. The second-order valence-electron chi connectivity index (χ2n) is 6.02. The molecule has 0 heterocycles. The number of aliphatic hydroxyl groups excluding tert-OH is 1. The average molecular weight is 305 g/mol. The molecule has 1 aromatic carbocycles. The minimum atomic E-state index is -0.348. The number of allylic oxidation sites excluding steroid dienone is 1. The highest BCUT2D eigenvalue weighted by Gasteiger charge is 2.10. The van der Waals surface area contributed by atoms with Gasteiger partial charge in [-0.3, -0.25) is 4.79 Å². The molecule has 4 heteroatoms. The highest BCUT2D eigenvalue weighted by molar-refractivity contribution is 5.94. The molecule has 0 aromatic heterocycles. The number of hydrogen-bond acceptors (Lipinski definition) is 3. The van der Waals surface area contributed by atoms with Gasteiger partial charge in [-0.25, -0.2) is 0 Å². The number of carbonyl (C=O) groups excluding carboxylic acids is 1. The van der Waals surface area contributed by atoms with E-state index in [1.165, 1.54) is 5.57 Å². The van der Waals surface area contributed by atoms with E-state index >= 15 is 0 Å². The number of aliphatic hydroxyl groups is 1. The van der Waals surface area contributed by atoms with Gasteiger partial charge in [0.1, 0.15) is 12.4 Å². The SMILES string of the molecule is CC(C)=CCOc1cccc(C(=O)NCC(C)CC(C)O)c1. The van der Waals surface area contributed by atoms with Crippen LogP contribution in [-0.2, 0) is 0 Å². The summed E-state index contributed by atoms with van der Waals surface area (Å²) in [5.41, 5.74) is 1.78. The maximum absolute atomic E-state index is 12.1. The molecule has 0 aliphatic rings. The first kappa shape index (κ1) is 18.2. The first-order valence-electron chi connectivity index (χ1n) is 7.71. The van der Waals surface area contributed by atoms with E-state index in [2.05, 4.69) is 5.32 Å². The standard InChI is InChI=1S/C18H27NO3/c1-13(2)8-9-22-17-7-5-6-16(11-17)18(21)19-12-14(3)10-15(4)20/h5-8,11,14-15,20H,9-10,12H2,1-4H3,(H,19,21). The fraction of sp³-hybridized carbons (Fsp3) is 0.500. The van der Waals surface area contributed by atoms with E-state index in [0.29, 0.717) is 30.9 Å². The highest BCUT2D eigenvalue weighted by atomic mass is 16.5. The first-order chi connectivity index (χ1) is 10.4. The predicted molar refractivity (Wildman–Crippen MR) is 89.2 cm³/mol. The molecule has 0 bridgehead atoms. The molecule has 0 fully saturated rings. The fourth-order valence-corrected chi connectivity index (χ4v) is 2.07. The number of benzene rings is 1. The second-order valence-corrected chi connectivity index (χ2v) is 6.02. The average Bonchev–Trinajstić information content (AvgIpc) is 2.44. The third-order valence-corrected chi connectivity index (χ3v) is 3.19. The minimum Gasteiger partial charge on any atom is -0.490 e. The molecule has 0 aliphatic heterocycles. The topological polar surface area (TPSA) is 58.6 Å². The van der Waals surface area contributed by atoms with E-state index in [0.717, 1.165) is 0 Å². The van der Waals surface area contributed by atoms with Crippen LogP contribution in [0.1, 0.15) is 44.5 Å². The summed E-state index contributed by atoms with van der Waals surface area (Å²) in [5, 5.41) is 12.2. The fourth-order valence-electron chi connectivity index (χ4n) is 2.07. The third-order valence-electron chi connectivity index (χ3n) is 3.19. The van der Waals surface area contributed by atoms with Crippen LogP contribution in [0, 0.1) is 5.92 Å². The summed E-state index contributed by atoms with van der Waals surface area (Å²) in [6.45, 7) is 8.84. The van der Waals surface area contributed by atoms with Gasteiger partial charge in [0.2, 0.25) is 0 Å².